The fourth-order valence-corrected chi connectivity index (χ4v) is 4.90. The molecule has 0 aliphatic carbocycles. The molecule has 3 atom stereocenters. The molecule has 2 heterocycles. The number of ether oxygens (including phenoxy) is 1. The van der Waals surface area contributed by atoms with E-state index in [1.807, 2.05) is 12.1 Å². The summed E-state index contributed by atoms with van der Waals surface area (Å²) in [5.41, 5.74) is 2.35. The van der Waals surface area contributed by atoms with Gasteiger partial charge in [-0.1, -0.05) is 29.8 Å². The second kappa shape index (κ2) is 8.36. The van der Waals surface area contributed by atoms with E-state index in [1.54, 1.807) is 13.2 Å². The number of methoxy groups -OCH3 is 1. The molecule has 146 valence electrons. The average Bonchev–Trinajstić information content (AvgIpc) is 3.13. The van der Waals surface area contributed by atoms with Crippen LogP contribution in [0.25, 0.3) is 0 Å². The van der Waals surface area contributed by atoms with E-state index in [2.05, 4.69) is 29.0 Å². The highest BCUT2D eigenvalue weighted by molar-refractivity contribution is 6.31. The number of hydrogen-bond acceptors (Lipinski definition) is 3. The fourth-order valence-electron chi connectivity index (χ4n) is 4.67. The second-order valence-corrected chi connectivity index (χ2v) is 7.92. The van der Waals surface area contributed by atoms with Crippen LogP contribution < -0.4 is 4.74 Å². The van der Waals surface area contributed by atoms with E-state index in [0.29, 0.717) is 22.9 Å². The summed E-state index contributed by atoms with van der Waals surface area (Å²) < 4.78 is 18.6. The zero-order valence-electron chi connectivity index (χ0n) is 15.6. The van der Waals surface area contributed by atoms with Crippen LogP contribution in [0.3, 0.4) is 0 Å². The van der Waals surface area contributed by atoms with Gasteiger partial charge >= 0.3 is 0 Å². The summed E-state index contributed by atoms with van der Waals surface area (Å²) in [6, 6.07) is 13.6. The molecule has 2 fully saturated rings. The minimum atomic E-state index is -0.279. The summed E-state index contributed by atoms with van der Waals surface area (Å²) in [4.78, 5) is 4.93. The third-order valence-corrected chi connectivity index (χ3v) is 6.19. The summed E-state index contributed by atoms with van der Waals surface area (Å²) in [7, 11) is 3.91. The molecule has 0 spiro atoms. The highest BCUT2D eigenvalue weighted by Crippen LogP contribution is 2.44. The first-order valence-corrected chi connectivity index (χ1v) is 9.43. The number of fused-ring (bicyclic) bond motifs is 1. The van der Waals surface area contributed by atoms with Crippen molar-refractivity contribution in [3.8, 4) is 5.75 Å². The molecule has 2 saturated heterocycles. The lowest BCUT2D eigenvalue weighted by molar-refractivity contribution is 0.224. The second-order valence-electron chi connectivity index (χ2n) is 7.51. The van der Waals surface area contributed by atoms with E-state index < -0.39 is 0 Å². The Labute approximate surface area is 171 Å². The first kappa shape index (κ1) is 20.4. The largest absolute Gasteiger partial charge is 0.497 e. The Hall–Kier alpha value is -1.33. The summed E-state index contributed by atoms with van der Waals surface area (Å²) in [6.07, 6.45) is 0. The van der Waals surface area contributed by atoms with E-state index in [9.17, 15) is 4.39 Å². The van der Waals surface area contributed by atoms with Gasteiger partial charge in [0.25, 0.3) is 0 Å². The lowest BCUT2D eigenvalue weighted by Crippen LogP contribution is -2.29. The Morgan fingerprint density at radius 3 is 2.52 bits per heavy atom. The maximum absolute atomic E-state index is 13.3. The maximum atomic E-state index is 13.3. The molecule has 4 rings (SSSR count). The Bertz CT molecular complexity index is 786. The van der Waals surface area contributed by atoms with Gasteiger partial charge in [-0.15, -0.1) is 12.4 Å². The van der Waals surface area contributed by atoms with Crippen molar-refractivity contribution in [2.24, 2.45) is 11.8 Å². The molecule has 2 aromatic rings. The third kappa shape index (κ3) is 4.09. The van der Waals surface area contributed by atoms with Crippen molar-refractivity contribution >= 4 is 24.0 Å². The number of likely N-dealkylation sites (tertiary alicyclic amines) is 2. The monoisotopic (exact) mass is 410 g/mol. The zero-order chi connectivity index (χ0) is 18.3. The van der Waals surface area contributed by atoms with Crippen molar-refractivity contribution < 1.29 is 9.13 Å². The Balaban J connectivity index is 0.00000210. The zero-order valence-corrected chi connectivity index (χ0v) is 17.1. The van der Waals surface area contributed by atoms with Crippen molar-refractivity contribution in [1.29, 1.82) is 0 Å². The number of benzene rings is 2. The first-order valence-electron chi connectivity index (χ1n) is 9.05. The van der Waals surface area contributed by atoms with Gasteiger partial charge in [-0.3, -0.25) is 9.80 Å². The molecule has 3 nitrogen and oxygen atoms in total. The molecule has 2 aromatic carbocycles. The first-order chi connectivity index (χ1) is 12.5. The predicted octanol–water partition coefficient (Wildman–Crippen LogP) is 4.64. The minimum absolute atomic E-state index is 0. The molecule has 0 aromatic heterocycles. The van der Waals surface area contributed by atoms with Gasteiger partial charge < -0.3 is 4.74 Å². The van der Waals surface area contributed by atoms with Gasteiger partial charge in [-0.2, -0.15) is 0 Å². The minimum Gasteiger partial charge on any atom is -0.497 e. The van der Waals surface area contributed by atoms with Gasteiger partial charge in [0.1, 0.15) is 11.6 Å². The summed E-state index contributed by atoms with van der Waals surface area (Å²) >= 11 is 6.22. The Kier molecular flexibility index (Phi) is 6.32. The van der Waals surface area contributed by atoms with Gasteiger partial charge in [0, 0.05) is 37.2 Å². The van der Waals surface area contributed by atoms with Gasteiger partial charge in [0.05, 0.1) is 7.11 Å². The van der Waals surface area contributed by atoms with Crippen LogP contribution in [0.2, 0.25) is 5.02 Å². The smallest absolute Gasteiger partial charge is 0.124 e. The van der Waals surface area contributed by atoms with Crippen LogP contribution in [0.4, 0.5) is 4.39 Å². The van der Waals surface area contributed by atoms with Crippen LogP contribution in [0, 0.1) is 17.7 Å². The van der Waals surface area contributed by atoms with Gasteiger partial charge in [0.2, 0.25) is 0 Å². The van der Waals surface area contributed by atoms with Crippen LogP contribution in [0.1, 0.15) is 17.2 Å². The molecule has 0 unspecified atom stereocenters. The van der Waals surface area contributed by atoms with Crippen LogP contribution >= 0.6 is 24.0 Å². The van der Waals surface area contributed by atoms with Crippen molar-refractivity contribution in [2.75, 3.05) is 33.8 Å². The molecule has 0 saturated carbocycles. The van der Waals surface area contributed by atoms with Gasteiger partial charge in [0.15, 0.2) is 0 Å². The quantitative estimate of drug-likeness (QED) is 0.729. The van der Waals surface area contributed by atoms with Crippen molar-refractivity contribution in [1.82, 2.24) is 9.80 Å². The van der Waals surface area contributed by atoms with Crippen molar-refractivity contribution in [3.05, 3.63) is 64.4 Å². The Morgan fingerprint density at radius 2 is 1.85 bits per heavy atom. The number of hydrogen-bond donors (Lipinski definition) is 0. The van der Waals surface area contributed by atoms with Crippen LogP contribution in [-0.2, 0) is 6.54 Å². The van der Waals surface area contributed by atoms with E-state index in [0.717, 1.165) is 37.5 Å². The number of rotatable bonds is 4. The predicted molar refractivity (Wildman–Crippen MR) is 109 cm³/mol. The molecule has 0 radical (unpaired) electrons. The van der Waals surface area contributed by atoms with E-state index in [-0.39, 0.29) is 18.2 Å². The van der Waals surface area contributed by atoms with Crippen molar-refractivity contribution in [2.45, 2.75) is 12.6 Å². The molecule has 0 bridgehead atoms. The SMILES string of the molecule is COc1ccc([C@H]2[C@@H]3CN(Cc4ccc(F)cc4Cl)C[C@@H]3CN2C)cc1.Cl. The molecule has 6 heteroatoms. The molecule has 2 aliphatic heterocycles. The van der Waals surface area contributed by atoms with E-state index in [1.165, 1.54) is 17.7 Å². The molecule has 0 amide bonds. The lowest BCUT2D eigenvalue weighted by Gasteiger charge is -2.27. The van der Waals surface area contributed by atoms with Gasteiger partial charge in [-0.05, 0) is 54.3 Å². The molecule has 0 N–H and O–H groups in total. The third-order valence-electron chi connectivity index (χ3n) is 5.84. The highest BCUT2D eigenvalue weighted by atomic mass is 35.5. The van der Waals surface area contributed by atoms with E-state index in [4.69, 9.17) is 16.3 Å². The standard InChI is InChI=1S/C21H24ClFN2O.ClH/c1-24-10-16-12-25(11-15-3-6-17(23)9-20(15)22)13-19(16)21(24)14-4-7-18(26-2)8-5-14;/h3-9,16,19,21H,10-13H2,1-2H3;1H/t16-,19+,21-;/m0./s1. The fraction of sp³-hybridized carbons (Fsp3) is 0.429. The topological polar surface area (TPSA) is 15.7 Å². The number of halogens is 3. The lowest BCUT2D eigenvalue weighted by atomic mass is 9.89. The summed E-state index contributed by atoms with van der Waals surface area (Å²) in [6.45, 7) is 3.99. The summed E-state index contributed by atoms with van der Waals surface area (Å²) in [5.74, 6) is 1.88. The molecular weight excluding hydrogens is 386 g/mol. The number of nitrogens with zero attached hydrogens (tertiary/aromatic N) is 2. The van der Waals surface area contributed by atoms with Crippen LogP contribution in [0.5, 0.6) is 5.75 Å². The normalized spacial score (nSPS) is 25.3. The maximum Gasteiger partial charge on any atom is 0.124 e. The van der Waals surface area contributed by atoms with Crippen LogP contribution in [0.15, 0.2) is 42.5 Å². The molecule has 27 heavy (non-hydrogen) atoms. The highest BCUT2D eigenvalue weighted by Gasteiger charge is 2.45. The molecule has 2 aliphatic rings. The summed E-state index contributed by atoms with van der Waals surface area (Å²) in [5, 5.41) is 0.519. The average molecular weight is 411 g/mol. The van der Waals surface area contributed by atoms with Crippen LogP contribution in [-0.4, -0.2) is 43.6 Å². The van der Waals surface area contributed by atoms with E-state index >= 15 is 0 Å². The Morgan fingerprint density at radius 1 is 1.11 bits per heavy atom. The van der Waals surface area contributed by atoms with Gasteiger partial charge in [-0.25, -0.2) is 4.39 Å². The molecular formula is C21H25Cl2FN2O. The van der Waals surface area contributed by atoms with Crippen molar-refractivity contribution in [3.63, 3.8) is 0 Å².